The lowest BCUT2D eigenvalue weighted by atomic mass is 10.1. The molecule has 0 saturated heterocycles. The molecule has 1 aromatic heterocycles. The number of nitrogens with one attached hydrogen (secondary N) is 2. The summed E-state index contributed by atoms with van der Waals surface area (Å²) in [4.78, 5) is 0. The number of anilines is 1. The van der Waals surface area contributed by atoms with Crippen molar-refractivity contribution in [1.82, 2.24) is 15.1 Å². The van der Waals surface area contributed by atoms with Crippen molar-refractivity contribution in [3.8, 4) is 11.5 Å². The molecule has 1 aromatic carbocycles. The smallest absolute Gasteiger partial charge is 0.172 e. The summed E-state index contributed by atoms with van der Waals surface area (Å²) in [5, 5.41) is 11.1. The molecule has 0 fully saturated rings. The van der Waals surface area contributed by atoms with Gasteiger partial charge in [-0.3, -0.25) is 4.68 Å². The Hall–Kier alpha value is -2.28. The van der Waals surface area contributed by atoms with Gasteiger partial charge < -0.3 is 20.1 Å². The van der Waals surface area contributed by atoms with E-state index in [9.17, 15) is 0 Å². The van der Waals surface area contributed by atoms with Crippen molar-refractivity contribution >= 4 is 23.1 Å². The molecule has 124 valence electrons. The molecular weight excluding hydrogens is 312 g/mol. The molecule has 0 radical (unpaired) electrons. The molecule has 2 rings (SSSR count). The van der Waals surface area contributed by atoms with Crippen molar-refractivity contribution in [1.29, 1.82) is 0 Å². The highest BCUT2D eigenvalue weighted by Crippen LogP contribution is 2.27. The van der Waals surface area contributed by atoms with E-state index < -0.39 is 0 Å². The minimum Gasteiger partial charge on any atom is -0.493 e. The molecular formula is C16H22N4O2S. The second kappa shape index (κ2) is 8.38. The van der Waals surface area contributed by atoms with E-state index in [0.717, 1.165) is 42.4 Å². The van der Waals surface area contributed by atoms with Crippen molar-refractivity contribution in [3.63, 3.8) is 0 Å². The molecule has 0 bridgehead atoms. The topological polar surface area (TPSA) is 60.3 Å². The van der Waals surface area contributed by atoms with Gasteiger partial charge in [0.05, 0.1) is 14.2 Å². The van der Waals surface area contributed by atoms with Gasteiger partial charge in [-0.05, 0) is 43.3 Å². The van der Waals surface area contributed by atoms with E-state index in [1.807, 2.05) is 42.1 Å². The second-order valence-corrected chi connectivity index (χ2v) is 5.29. The Morgan fingerprint density at radius 2 is 2.00 bits per heavy atom. The molecule has 0 amide bonds. The molecule has 2 N–H and O–H groups in total. The molecule has 23 heavy (non-hydrogen) atoms. The maximum Gasteiger partial charge on any atom is 0.172 e. The number of methoxy groups -OCH3 is 2. The van der Waals surface area contributed by atoms with E-state index in [1.165, 1.54) is 0 Å². The monoisotopic (exact) mass is 334 g/mol. The molecule has 6 nitrogen and oxygen atoms in total. The molecule has 0 aliphatic heterocycles. The number of aromatic nitrogens is 2. The average molecular weight is 334 g/mol. The third-order valence-corrected chi connectivity index (χ3v) is 3.60. The lowest BCUT2D eigenvalue weighted by Crippen LogP contribution is -2.30. The normalized spacial score (nSPS) is 10.2. The fourth-order valence-corrected chi connectivity index (χ4v) is 2.33. The molecule has 2 aromatic rings. The Labute approximate surface area is 141 Å². The Morgan fingerprint density at radius 3 is 2.65 bits per heavy atom. The van der Waals surface area contributed by atoms with Gasteiger partial charge in [-0.1, -0.05) is 6.07 Å². The van der Waals surface area contributed by atoms with Gasteiger partial charge in [0.2, 0.25) is 0 Å². The predicted molar refractivity (Wildman–Crippen MR) is 95.4 cm³/mol. The number of ether oxygens (including phenoxy) is 2. The minimum atomic E-state index is 0.562. The summed E-state index contributed by atoms with van der Waals surface area (Å²) < 4.78 is 12.4. The summed E-state index contributed by atoms with van der Waals surface area (Å²) in [5.74, 6) is 2.21. The third kappa shape index (κ3) is 4.85. The number of hydrogen-bond acceptors (Lipinski definition) is 4. The first-order chi connectivity index (χ1) is 11.2. The summed E-state index contributed by atoms with van der Waals surface area (Å²) in [6.45, 7) is 3.59. The Kier molecular flexibility index (Phi) is 6.22. The van der Waals surface area contributed by atoms with Gasteiger partial charge in [0, 0.05) is 25.4 Å². The van der Waals surface area contributed by atoms with Gasteiger partial charge >= 0.3 is 0 Å². The number of nitrogens with zero attached hydrogens (tertiary/aromatic N) is 2. The van der Waals surface area contributed by atoms with Gasteiger partial charge in [0.1, 0.15) is 0 Å². The van der Waals surface area contributed by atoms with E-state index in [-0.39, 0.29) is 0 Å². The van der Waals surface area contributed by atoms with E-state index in [4.69, 9.17) is 21.7 Å². The van der Waals surface area contributed by atoms with Gasteiger partial charge in [-0.15, -0.1) is 0 Å². The highest BCUT2D eigenvalue weighted by molar-refractivity contribution is 7.80. The fraction of sp³-hybridized carbons (Fsp3) is 0.375. The largest absolute Gasteiger partial charge is 0.493 e. The predicted octanol–water partition coefficient (Wildman–Crippen LogP) is 2.45. The number of rotatable bonds is 7. The average Bonchev–Trinajstić information content (AvgIpc) is 3.02. The molecule has 0 unspecified atom stereocenters. The maximum atomic E-state index is 5.30. The third-order valence-electron chi connectivity index (χ3n) is 3.35. The van der Waals surface area contributed by atoms with Crippen LogP contribution in [0.2, 0.25) is 0 Å². The minimum absolute atomic E-state index is 0.562. The van der Waals surface area contributed by atoms with Crippen molar-refractivity contribution in [3.05, 3.63) is 36.0 Å². The van der Waals surface area contributed by atoms with E-state index in [0.29, 0.717) is 5.11 Å². The first kappa shape index (κ1) is 17.1. The molecule has 7 heteroatoms. The number of benzene rings is 1. The maximum absolute atomic E-state index is 5.30. The first-order valence-corrected chi connectivity index (χ1v) is 7.86. The van der Waals surface area contributed by atoms with Crippen LogP contribution >= 0.6 is 12.2 Å². The van der Waals surface area contributed by atoms with Crippen molar-refractivity contribution < 1.29 is 9.47 Å². The van der Waals surface area contributed by atoms with E-state index in [1.54, 1.807) is 14.2 Å². The highest BCUT2D eigenvalue weighted by Gasteiger charge is 2.05. The summed E-state index contributed by atoms with van der Waals surface area (Å²) in [6, 6.07) is 7.79. The van der Waals surface area contributed by atoms with Crippen LogP contribution in [-0.2, 0) is 13.0 Å². The molecule has 0 saturated carbocycles. The number of thiocarbonyl (C=S) groups is 1. The summed E-state index contributed by atoms with van der Waals surface area (Å²) in [6.07, 6.45) is 2.74. The molecule has 1 heterocycles. The standard InChI is InChI=1S/C16H22N4O2S/c1-4-20-10-8-15(19-20)18-16(23)17-9-7-12-5-6-13(21-2)14(11-12)22-3/h5-6,8,10-11H,4,7,9H2,1-3H3,(H2,17,18,19,23). The zero-order chi connectivity index (χ0) is 16.7. The Balaban J connectivity index is 1.81. The van der Waals surface area contributed by atoms with Crippen LogP contribution in [0, 0.1) is 0 Å². The van der Waals surface area contributed by atoms with E-state index >= 15 is 0 Å². The SMILES string of the molecule is CCn1ccc(NC(=S)NCCc2ccc(OC)c(OC)c2)n1. The van der Waals surface area contributed by atoms with Crippen molar-refractivity contribution in [2.75, 3.05) is 26.1 Å². The van der Waals surface area contributed by atoms with Crippen molar-refractivity contribution in [2.45, 2.75) is 19.9 Å². The first-order valence-electron chi connectivity index (χ1n) is 7.45. The summed E-state index contributed by atoms with van der Waals surface area (Å²) in [7, 11) is 3.26. The lowest BCUT2D eigenvalue weighted by molar-refractivity contribution is 0.354. The van der Waals surface area contributed by atoms with Crippen LogP contribution in [0.5, 0.6) is 11.5 Å². The zero-order valence-corrected chi connectivity index (χ0v) is 14.4. The molecule has 0 atom stereocenters. The van der Waals surface area contributed by atoms with Crippen LogP contribution in [0.15, 0.2) is 30.5 Å². The molecule has 0 spiro atoms. The quantitative estimate of drug-likeness (QED) is 0.759. The van der Waals surface area contributed by atoms with E-state index in [2.05, 4.69) is 15.7 Å². The number of aryl methyl sites for hydroxylation is 1. The van der Waals surface area contributed by atoms with Crippen molar-refractivity contribution in [2.24, 2.45) is 0 Å². The summed E-state index contributed by atoms with van der Waals surface area (Å²) >= 11 is 5.27. The second-order valence-electron chi connectivity index (χ2n) is 4.88. The van der Waals surface area contributed by atoms with Crippen LogP contribution in [0.4, 0.5) is 5.82 Å². The van der Waals surface area contributed by atoms with Crippen LogP contribution in [0.3, 0.4) is 0 Å². The van der Waals surface area contributed by atoms with Gasteiger partial charge in [-0.25, -0.2) is 0 Å². The lowest BCUT2D eigenvalue weighted by Gasteiger charge is -2.11. The Bertz CT molecular complexity index is 657. The van der Waals surface area contributed by atoms with Crippen LogP contribution < -0.4 is 20.1 Å². The van der Waals surface area contributed by atoms with Crippen LogP contribution in [0.1, 0.15) is 12.5 Å². The number of hydrogen-bond donors (Lipinski definition) is 2. The van der Waals surface area contributed by atoms with Gasteiger partial charge in [0.25, 0.3) is 0 Å². The fourth-order valence-electron chi connectivity index (χ4n) is 2.12. The van der Waals surface area contributed by atoms with Crippen LogP contribution in [-0.4, -0.2) is 35.7 Å². The van der Waals surface area contributed by atoms with Crippen LogP contribution in [0.25, 0.3) is 0 Å². The van der Waals surface area contributed by atoms with Gasteiger partial charge in [0.15, 0.2) is 22.4 Å². The highest BCUT2D eigenvalue weighted by atomic mass is 32.1. The molecule has 0 aliphatic carbocycles. The zero-order valence-electron chi connectivity index (χ0n) is 13.6. The van der Waals surface area contributed by atoms with Gasteiger partial charge in [-0.2, -0.15) is 5.10 Å². The molecule has 0 aliphatic rings. The summed E-state index contributed by atoms with van der Waals surface area (Å²) in [5.41, 5.74) is 1.15. The Morgan fingerprint density at radius 1 is 1.22 bits per heavy atom.